The van der Waals surface area contributed by atoms with Crippen molar-refractivity contribution in [3.63, 3.8) is 0 Å². The molecule has 194 valence electrons. The van der Waals surface area contributed by atoms with E-state index in [1.165, 1.54) is 60.7 Å². The summed E-state index contributed by atoms with van der Waals surface area (Å²) in [6.07, 6.45) is -0.189. The Kier molecular flexibility index (Phi) is 8.38. The zero-order chi connectivity index (χ0) is 27.6. The lowest BCUT2D eigenvalue weighted by Gasteiger charge is -2.29. The van der Waals surface area contributed by atoms with Gasteiger partial charge in [-0.2, -0.15) is 5.01 Å². The van der Waals surface area contributed by atoms with E-state index in [-0.39, 0.29) is 50.3 Å². The van der Waals surface area contributed by atoms with Crippen LogP contribution in [-0.4, -0.2) is 46.0 Å². The predicted molar refractivity (Wildman–Crippen MR) is 141 cm³/mol. The fourth-order valence-corrected chi connectivity index (χ4v) is 4.60. The number of halogens is 4. The van der Waals surface area contributed by atoms with Gasteiger partial charge in [-0.05, 0) is 60.7 Å². The third-order valence-electron chi connectivity index (χ3n) is 5.49. The van der Waals surface area contributed by atoms with Crippen LogP contribution in [0.1, 0.15) is 43.9 Å². The summed E-state index contributed by atoms with van der Waals surface area (Å²) in [6, 6.07) is 13.9. The summed E-state index contributed by atoms with van der Waals surface area (Å²) < 4.78 is 5.30. The monoisotopic (exact) mass is 592 g/mol. The van der Waals surface area contributed by atoms with Crippen LogP contribution in [0, 0.1) is 0 Å². The maximum atomic E-state index is 13.3. The molecule has 1 aliphatic rings. The molecule has 0 aliphatic carbocycles. The van der Waals surface area contributed by atoms with Gasteiger partial charge in [0.15, 0.2) is 5.78 Å². The number of imide groups is 1. The van der Waals surface area contributed by atoms with Crippen molar-refractivity contribution in [2.45, 2.75) is 12.8 Å². The van der Waals surface area contributed by atoms with Crippen LogP contribution >= 0.6 is 46.4 Å². The molecule has 1 saturated heterocycles. The minimum Gasteiger partial charge on any atom is -0.423 e. The van der Waals surface area contributed by atoms with Crippen LogP contribution in [0.4, 0.5) is 0 Å². The largest absolute Gasteiger partial charge is 0.423 e. The van der Waals surface area contributed by atoms with Crippen LogP contribution in [0.2, 0.25) is 20.1 Å². The topological polar surface area (TPSA) is 101 Å². The molecule has 0 spiro atoms. The van der Waals surface area contributed by atoms with E-state index < -0.39 is 36.0 Å². The molecule has 3 aromatic carbocycles. The van der Waals surface area contributed by atoms with Gasteiger partial charge < -0.3 is 4.74 Å². The zero-order valence-corrected chi connectivity index (χ0v) is 22.3. The first kappa shape index (κ1) is 27.6. The van der Waals surface area contributed by atoms with Crippen molar-refractivity contribution >= 4 is 75.9 Å². The number of benzene rings is 3. The number of hydrogen-bond donors (Lipinski definition) is 0. The molecule has 0 aromatic heterocycles. The smallest absolute Gasteiger partial charge is 0.345 e. The Morgan fingerprint density at radius 2 is 1.29 bits per heavy atom. The number of carbonyl (C=O) groups is 5. The first-order valence-electron chi connectivity index (χ1n) is 11.0. The van der Waals surface area contributed by atoms with Crippen molar-refractivity contribution in [2.24, 2.45) is 0 Å². The van der Waals surface area contributed by atoms with E-state index in [1.54, 1.807) is 0 Å². The number of nitrogens with zero attached hydrogens (tertiary/aromatic N) is 2. The number of hydrazine groups is 1. The molecule has 12 heteroatoms. The molecular formula is C26H16Cl4N2O6. The summed E-state index contributed by atoms with van der Waals surface area (Å²) in [7, 11) is 0. The van der Waals surface area contributed by atoms with Gasteiger partial charge in [0.05, 0.1) is 21.2 Å². The molecule has 38 heavy (non-hydrogen) atoms. The second-order valence-electron chi connectivity index (χ2n) is 8.05. The minimum absolute atomic E-state index is 0.00833. The molecule has 1 fully saturated rings. The number of Topliss-reactive ketones (excluding diaryl/α,β-unsaturated/α-hetero) is 1. The Bertz CT molecular complexity index is 1460. The molecule has 0 radical (unpaired) electrons. The SMILES string of the molecule is O=C(CN(C(=O)c1ccc(Cl)cc1Cl)N1C(=O)CCC1=O)c1ccc(OC(=O)c2ccc(Cl)cc2Cl)cc1. The van der Waals surface area contributed by atoms with Gasteiger partial charge in [0.1, 0.15) is 12.3 Å². The van der Waals surface area contributed by atoms with Crippen molar-refractivity contribution in [3.8, 4) is 5.75 Å². The van der Waals surface area contributed by atoms with E-state index in [0.717, 1.165) is 5.01 Å². The van der Waals surface area contributed by atoms with Gasteiger partial charge in [-0.25, -0.2) is 9.80 Å². The summed E-state index contributed by atoms with van der Waals surface area (Å²) >= 11 is 24.0. The molecule has 0 saturated carbocycles. The lowest BCUT2D eigenvalue weighted by Crippen LogP contribution is -2.51. The van der Waals surface area contributed by atoms with E-state index >= 15 is 0 Å². The van der Waals surface area contributed by atoms with Crippen LogP contribution in [-0.2, 0) is 9.59 Å². The molecule has 8 nitrogen and oxygen atoms in total. The molecule has 0 unspecified atom stereocenters. The molecule has 1 aliphatic heterocycles. The third-order valence-corrected chi connectivity index (χ3v) is 6.59. The van der Waals surface area contributed by atoms with Crippen LogP contribution in [0.3, 0.4) is 0 Å². The summed E-state index contributed by atoms with van der Waals surface area (Å²) in [4.78, 5) is 63.6. The van der Waals surface area contributed by atoms with Crippen LogP contribution < -0.4 is 4.74 Å². The lowest BCUT2D eigenvalue weighted by atomic mass is 10.1. The zero-order valence-electron chi connectivity index (χ0n) is 19.3. The second-order valence-corrected chi connectivity index (χ2v) is 9.73. The Balaban J connectivity index is 1.54. The van der Waals surface area contributed by atoms with Crippen LogP contribution in [0.25, 0.3) is 0 Å². The number of ketones is 1. The Labute approximate surface area is 236 Å². The highest BCUT2D eigenvalue weighted by Gasteiger charge is 2.38. The molecule has 3 aromatic rings. The number of rotatable bonds is 7. The fourth-order valence-electron chi connectivity index (χ4n) is 3.62. The number of carbonyl (C=O) groups excluding carboxylic acids is 5. The average molecular weight is 594 g/mol. The molecule has 3 amide bonds. The number of ether oxygens (including phenoxy) is 1. The Hall–Kier alpha value is -3.43. The second kappa shape index (κ2) is 11.5. The van der Waals surface area contributed by atoms with Gasteiger partial charge in [0.2, 0.25) is 11.8 Å². The van der Waals surface area contributed by atoms with Crippen LogP contribution in [0.5, 0.6) is 5.75 Å². The first-order chi connectivity index (χ1) is 18.0. The number of esters is 1. The average Bonchev–Trinajstić information content (AvgIpc) is 3.20. The summed E-state index contributed by atoms with van der Waals surface area (Å²) in [5.41, 5.74) is 0.194. The number of hydrogen-bond acceptors (Lipinski definition) is 6. The molecule has 4 rings (SSSR count). The molecule has 0 bridgehead atoms. The lowest BCUT2D eigenvalue weighted by molar-refractivity contribution is -0.152. The third kappa shape index (κ3) is 6.00. The normalized spacial score (nSPS) is 13.0. The maximum Gasteiger partial charge on any atom is 0.345 e. The van der Waals surface area contributed by atoms with E-state index in [4.69, 9.17) is 51.1 Å². The summed E-state index contributed by atoms with van der Waals surface area (Å²) in [5.74, 6) is -3.26. The Morgan fingerprint density at radius 1 is 0.763 bits per heavy atom. The van der Waals surface area contributed by atoms with Gasteiger partial charge in [0.25, 0.3) is 5.91 Å². The van der Waals surface area contributed by atoms with E-state index in [1.807, 2.05) is 0 Å². The van der Waals surface area contributed by atoms with Crippen molar-refractivity contribution in [2.75, 3.05) is 6.54 Å². The molecular weight excluding hydrogens is 578 g/mol. The number of amides is 3. The van der Waals surface area contributed by atoms with E-state index in [0.29, 0.717) is 10.0 Å². The maximum absolute atomic E-state index is 13.3. The van der Waals surface area contributed by atoms with Crippen LogP contribution in [0.15, 0.2) is 60.7 Å². The predicted octanol–water partition coefficient (Wildman–Crippen LogP) is 5.91. The van der Waals surface area contributed by atoms with Crippen molar-refractivity contribution in [1.82, 2.24) is 10.0 Å². The Morgan fingerprint density at radius 3 is 1.82 bits per heavy atom. The van der Waals surface area contributed by atoms with Gasteiger partial charge in [0, 0.05) is 28.5 Å². The van der Waals surface area contributed by atoms with E-state index in [9.17, 15) is 24.0 Å². The summed E-state index contributed by atoms with van der Waals surface area (Å²) in [6.45, 7) is -0.630. The van der Waals surface area contributed by atoms with Crippen molar-refractivity contribution in [1.29, 1.82) is 0 Å². The van der Waals surface area contributed by atoms with Crippen molar-refractivity contribution < 1.29 is 28.7 Å². The summed E-state index contributed by atoms with van der Waals surface area (Å²) in [5, 5.41) is 2.18. The molecule has 0 atom stereocenters. The standard InChI is InChI=1S/C26H16Cl4N2O6/c27-15-3-7-18(20(29)11-15)25(36)31(32-23(34)9-10-24(32)35)13-22(33)14-1-5-17(6-2-14)38-26(37)19-8-4-16(28)12-21(19)30/h1-8,11-12H,9-10,13H2. The molecule has 1 heterocycles. The van der Waals surface area contributed by atoms with Gasteiger partial charge in [-0.1, -0.05) is 46.4 Å². The minimum atomic E-state index is -0.825. The van der Waals surface area contributed by atoms with Gasteiger partial charge in [-0.3, -0.25) is 19.2 Å². The van der Waals surface area contributed by atoms with Crippen molar-refractivity contribution in [3.05, 3.63) is 97.4 Å². The fraction of sp³-hybridized carbons (Fsp3) is 0.115. The van der Waals surface area contributed by atoms with Gasteiger partial charge >= 0.3 is 5.97 Å². The highest BCUT2D eigenvalue weighted by molar-refractivity contribution is 6.37. The highest BCUT2D eigenvalue weighted by Crippen LogP contribution is 2.26. The highest BCUT2D eigenvalue weighted by atomic mass is 35.5. The quantitative estimate of drug-likeness (QED) is 0.146. The molecule has 0 N–H and O–H groups in total. The first-order valence-corrected chi connectivity index (χ1v) is 12.5. The van der Waals surface area contributed by atoms with Gasteiger partial charge in [-0.15, -0.1) is 0 Å². The van der Waals surface area contributed by atoms with E-state index in [2.05, 4.69) is 0 Å².